The molecule has 0 unspecified atom stereocenters. The minimum atomic E-state index is -0.175. The van der Waals surface area contributed by atoms with Gasteiger partial charge in [-0.3, -0.25) is 9.59 Å². The van der Waals surface area contributed by atoms with Gasteiger partial charge in [0, 0.05) is 48.3 Å². The number of para-hydroxylation sites is 1. The van der Waals surface area contributed by atoms with Crippen molar-refractivity contribution in [1.82, 2.24) is 25.1 Å². The molecule has 1 aliphatic rings. The predicted molar refractivity (Wildman–Crippen MR) is 110 cm³/mol. The van der Waals surface area contributed by atoms with E-state index in [1.54, 1.807) is 39.9 Å². The van der Waals surface area contributed by atoms with Crippen LogP contribution in [0, 0.1) is 0 Å². The molecule has 0 atom stereocenters. The number of amides is 2. The number of thioether (sulfide) groups is 1. The minimum absolute atomic E-state index is 0.0300. The van der Waals surface area contributed by atoms with Crippen molar-refractivity contribution >= 4 is 29.3 Å². The van der Waals surface area contributed by atoms with E-state index in [4.69, 9.17) is 0 Å². The Hall–Kier alpha value is -3.20. The van der Waals surface area contributed by atoms with Gasteiger partial charge in [0.05, 0.1) is 5.69 Å². The molecule has 2 aromatic heterocycles. The van der Waals surface area contributed by atoms with Crippen LogP contribution in [-0.2, 0) is 16.1 Å². The molecule has 0 saturated heterocycles. The van der Waals surface area contributed by atoms with Crippen LogP contribution in [-0.4, -0.2) is 43.9 Å². The normalized spacial score (nSPS) is 13.0. The van der Waals surface area contributed by atoms with E-state index in [2.05, 4.69) is 20.4 Å². The number of aromatic nitrogens is 4. The highest BCUT2D eigenvalue weighted by molar-refractivity contribution is 7.99. The first-order chi connectivity index (χ1) is 14.2. The third kappa shape index (κ3) is 4.45. The maximum Gasteiger partial charge on any atom is 0.227 e. The number of fused-ring (bicyclic) bond motifs is 1. The lowest BCUT2D eigenvalue weighted by molar-refractivity contribution is -0.125. The molecular formula is C20H20N6O2S. The van der Waals surface area contributed by atoms with E-state index in [0.29, 0.717) is 18.9 Å². The van der Waals surface area contributed by atoms with Crippen molar-refractivity contribution in [2.75, 3.05) is 17.2 Å². The van der Waals surface area contributed by atoms with E-state index in [1.807, 2.05) is 30.3 Å². The summed E-state index contributed by atoms with van der Waals surface area (Å²) in [7, 11) is 0. The lowest BCUT2D eigenvalue weighted by Gasteiger charge is -2.29. The lowest BCUT2D eigenvalue weighted by atomic mass is 10.2. The van der Waals surface area contributed by atoms with Crippen molar-refractivity contribution in [3.8, 4) is 5.82 Å². The summed E-state index contributed by atoms with van der Waals surface area (Å²) in [5.41, 5.74) is 1.75. The van der Waals surface area contributed by atoms with Gasteiger partial charge in [0.1, 0.15) is 12.7 Å². The number of anilines is 1. The monoisotopic (exact) mass is 408 g/mol. The highest BCUT2D eigenvalue weighted by Crippen LogP contribution is 2.34. The van der Waals surface area contributed by atoms with Gasteiger partial charge in [-0.1, -0.05) is 18.2 Å². The van der Waals surface area contributed by atoms with Gasteiger partial charge >= 0.3 is 0 Å². The Balaban J connectivity index is 1.32. The number of carbonyl (C=O) groups is 2. The van der Waals surface area contributed by atoms with Crippen LogP contribution in [0.1, 0.15) is 18.4 Å². The highest BCUT2D eigenvalue weighted by atomic mass is 32.2. The van der Waals surface area contributed by atoms with E-state index in [9.17, 15) is 9.59 Å². The van der Waals surface area contributed by atoms with Crippen LogP contribution in [0.4, 0.5) is 5.69 Å². The average Bonchev–Trinajstić information content (AvgIpc) is 3.30. The van der Waals surface area contributed by atoms with Gasteiger partial charge in [-0.2, -0.15) is 5.10 Å². The zero-order chi connectivity index (χ0) is 20.1. The Morgan fingerprint density at radius 3 is 2.90 bits per heavy atom. The summed E-state index contributed by atoms with van der Waals surface area (Å²) in [5.74, 6) is 1.27. The third-order valence-corrected chi connectivity index (χ3v) is 5.62. The van der Waals surface area contributed by atoms with Gasteiger partial charge in [-0.15, -0.1) is 11.8 Å². The minimum Gasteiger partial charge on any atom is -0.352 e. The van der Waals surface area contributed by atoms with Crippen LogP contribution >= 0.6 is 11.8 Å². The summed E-state index contributed by atoms with van der Waals surface area (Å²) in [6.45, 7) is 0.971. The van der Waals surface area contributed by atoms with Gasteiger partial charge in [-0.05, 0) is 18.2 Å². The molecule has 9 heteroatoms. The predicted octanol–water partition coefficient (Wildman–Crippen LogP) is 2.20. The molecule has 0 saturated carbocycles. The topological polar surface area (TPSA) is 93.0 Å². The van der Waals surface area contributed by atoms with Crippen LogP contribution in [0.2, 0.25) is 0 Å². The largest absolute Gasteiger partial charge is 0.352 e. The molecule has 8 nitrogen and oxygen atoms in total. The third-order valence-electron chi connectivity index (χ3n) is 4.57. The number of hydrogen-bond acceptors (Lipinski definition) is 6. The molecule has 0 bridgehead atoms. The molecule has 1 aromatic carbocycles. The van der Waals surface area contributed by atoms with Crippen molar-refractivity contribution in [2.45, 2.75) is 24.3 Å². The quantitative estimate of drug-likeness (QED) is 0.672. The van der Waals surface area contributed by atoms with Gasteiger partial charge in [0.2, 0.25) is 11.8 Å². The zero-order valence-electron chi connectivity index (χ0n) is 15.7. The summed E-state index contributed by atoms with van der Waals surface area (Å²) in [6.07, 6.45) is 4.97. The number of nitrogens with one attached hydrogen (secondary N) is 1. The fourth-order valence-corrected chi connectivity index (χ4v) is 4.15. The van der Waals surface area contributed by atoms with Crippen molar-refractivity contribution in [2.24, 2.45) is 0 Å². The molecule has 4 rings (SSSR count). The van der Waals surface area contributed by atoms with Gasteiger partial charge < -0.3 is 10.2 Å². The van der Waals surface area contributed by atoms with E-state index < -0.39 is 0 Å². The molecule has 3 heterocycles. The number of pyridine rings is 1. The molecule has 3 aromatic rings. The molecule has 1 aliphatic heterocycles. The Kier molecular flexibility index (Phi) is 5.85. The highest BCUT2D eigenvalue weighted by Gasteiger charge is 2.22. The molecule has 0 aliphatic carbocycles. The van der Waals surface area contributed by atoms with E-state index >= 15 is 0 Å². The van der Waals surface area contributed by atoms with Crippen LogP contribution in [0.5, 0.6) is 0 Å². The second-order valence-corrected chi connectivity index (χ2v) is 7.60. The smallest absolute Gasteiger partial charge is 0.227 e. The first-order valence-corrected chi connectivity index (χ1v) is 10.3. The van der Waals surface area contributed by atoms with E-state index in [-0.39, 0.29) is 24.7 Å². The van der Waals surface area contributed by atoms with Crippen LogP contribution in [0.15, 0.2) is 60.1 Å². The van der Waals surface area contributed by atoms with Gasteiger partial charge in [0.25, 0.3) is 0 Å². The van der Waals surface area contributed by atoms with E-state index in [1.165, 1.54) is 6.33 Å². The number of benzene rings is 1. The maximum atomic E-state index is 12.7. The standard InChI is InChI=1S/C20H20N6O2S/c27-18(23-12-15-4-3-9-22-20(15)26-14-21-13-24-26)7-8-19(28)25-10-11-29-17-6-2-1-5-16(17)25/h1-6,9,13-14H,7-8,10-12H2,(H,23,27). The Morgan fingerprint density at radius 2 is 2.03 bits per heavy atom. The summed E-state index contributed by atoms with van der Waals surface area (Å²) in [4.78, 5) is 36.1. The average molecular weight is 408 g/mol. The molecule has 0 spiro atoms. The van der Waals surface area contributed by atoms with E-state index in [0.717, 1.165) is 21.9 Å². The molecule has 2 amide bonds. The number of rotatable bonds is 6. The molecule has 0 radical (unpaired) electrons. The molecule has 148 valence electrons. The molecule has 29 heavy (non-hydrogen) atoms. The van der Waals surface area contributed by atoms with Crippen LogP contribution < -0.4 is 10.2 Å². The first kappa shape index (κ1) is 19.1. The SMILES string of the molecule is O=C(CCC(=O)N1CCSc2ccccc21)NCc1cccnc1-n1cncn1. The lowest BCUT2D eigenvalue weighted by Crippen LogP contribution is -2.36. The van der Waals surface area contributed by atoms with Crippen molar-refractivity contribution < 1.29 is 9.59 Å². The number of carbonyl (C=O) groups excluding carboxylic acids is 2. The summed E-state index contributed by atoms with van der Waals surface area (Å²) >= 11 is 1.75. The van der Waals surface area contributed by atoms with Crippen LogP contribution in [0.3, 0.4) is 0 Å². The maximum absolute atomic E-state index is 12.7. The van der Waals surface area contributed by atoms with Crippen molar-refractivity contribution in [3.05, 3.63) is 60.8 Å². The number of hydrogen-bond donors (Lipinski definition) is 1. The second kappa shape index (κ2) is 8.87. The Bertz CT molecular complexity index is 1010. The fourth-order valence-electron chi connectivity index (χ4n) is 3.16. The van der Waals surface area contributed by atoms with Crippen LogP contribution in [0.25, 0.3) is 5.82 Å². The first-order valence-electron chi connectivity index (χ1n) is 9.30. The Labute approximate surface area is 172 Å². The Morgan fingerprint density at radius 1 is 1.14 bits per heavy atom. The van der Waals surface area contributed by atoms with Crippen molar-refractivity contribution in [1.29, 1.82) is 0 Å². The fraction of sp³-hybridized carbons (Fsp3) is 0.250. The van der Waals surface area contributed by atoms with Gasteiger partial charge in [-0.25, -0.2) is 14.6 Å². The van der Waals surface area contributed by atoms with Gasteiger partial charge in [0.15, 0.2) is 5.82 Å². The molecule has 1 N–H and O–H groups in total. The molecular weight excluding hydrogens is 388 g/mol. The summed E-state index contributed by atoms with van der Waals surface area (Å²) in [6, 6.07) is 11.5. The zero-order valence-corrected chi connectivity index (χ0v) is 16.5. The summed E-state index contributed by atoms with van der Waals surface area (Å²) < 4.78 is 1.55. The second-order valence-electron chi connectivity index (χ2n) is 6.46. The molecule has 0 fully saturated rings. The number of nitrogens with zero attached hydrogens (tertiary/aromatic N) is 5. The summed E-state index contributed by atoms with van der Waals surface area (Å²) in [5, 5.41) is 6.95. The van der Waals surface area contributed by atoms with Crippen molar-refractivity contribution in [3.63, 3.8) is 0 Å².